The Morgan fingerprint density at radius 1 is 1.06 bits per heavy atom. The third-order valence-electron chi connectivity index (χ3n) is 2.69. The van der Waals surface area contributed by atoms with E-state index in [1.165, 1.54) is 44.9 Å². The molecule has 0 aromatic heterocycles. The van der Waals surface area contributed by atoms with E-state index >= 15 is 0 Å². The maximum absolute atomic E-state index is 4.06. The second kappa shape index (κ2) is 13.1. The molecule has 0 aromatic rings. The van der Waals surface area contributed by atoms with Gasteiger partial charge in [0.1, 0.15) is 0 Å². The highest BCUT2D eigenvalue weighted by Crippen LogP contribution is 2.02. The van der Waals surface area contributed by atoms with Crippen molar-refractivity contribution in [3.05, 3.63) is 12.2 Å². The highest BCUT2D eigenvalue weighted by molar-refractivity contribution is 5.79. The summed E-state index contributed by atoms with van der Waals surface area (Å²) in [5, 5.41) is 6.26. The van der Waals surface area contributed by atoms with Gasteiger partial charge < -0.3 is 10.6 Å². The molecule has 2 N–H and O–H groups in total. The molecule has 3 heteroatoms. The molecule has 0 rings (SSSR count). The standard InChI is InChI=1S/C14H29N3/c1-4-5-6-7-8-9-10-11-12-13-17-14(15-2)16-3/h8-9H,4-7,10-13H2,1-3H3,(H2,15,16,17)/b9-8-. The van der Waals surface area contributed by atoms with Gasteiger partial charge in [-0.05, 0) is 32.1 Å². The van der Waals surface area contributed by atoms with E-state index < -0.39 is 0 Å². The first-order valence-electron chi connectivity index (χ1n) is 6.88. The number of hydrogen-bond donors (Lipinski definition) is 2. The highest BCUT2D eigenvalue weighted by atomic mass is 15.1. The van der Waals surface area contributed by atoms with Crippen LogP contribution in [0.15, 0.2) is 17.1 Å². The summed E-state index contributed by atoms with van der Waals surface area (Å²) >= 11 is 0. The van der Waals surface area contributed by atoms with Gasteiger partial charge in [-0.15, -0.1) is 0 Å². The second-order valence-electron chi connectivity index (χ2n) is 4.21. The zero-order chi connectivity index (χ0) is 12.8. The van der Waals surface area contributed by atoms with E-state index in [1.54, 1.807) is 7.05 Å². The molecule has 0 spiro atoms. The van der Waals surface area contributed by atoms with Gasteiger partial charge in [0.15, 0.2) is 5.96 Å². The average Bonchev–Trinajstić information content (AvgIpc) is 2.36. The van der Waals surface area contributed by atoms with Crippen molar-refractivity contribution in [1.29, 1.82) is 0 Å². The molecular weight excluding hydrogens is 210 g/mol. The first-order chi connectivity index (χ1) is 8.35. The van der Waals surface area contributed by atoms with Crippen LogP contribution in [0, 0.1) is 0 Å². The van der Waals surface area contributed by atoms with Gasteiger partial charge in [-0.3, -0.25) is 4.99 Å². The quantitative estimate of drug-likeness (QED) is 0.281. The molecule has 0 aliphatic rings. The van der Waals surface area contributed by atoms with Gasteiger partial charge in [-0.2, -0.15) is 0 Å². The van der Waals surface area contributed by atoms with E-state index in [1.807, 2.05) is 7.05 Å². The SMILES string of the molecule is CCCCC/C=C\CCCCNC(=NC)NC. The lowest BCUT2D eigenvalue weighted by Crippen LogP contribution is -2.35. The van der Waals surface area contributed by atoms with Crippen molar-refractivity contribution in [3.8, 4) is 0 Å². The third kappa shape index (κ3) is 11.3. The van der Waals surface area contributed by atoms with Crippen LogP contribution in [0.2, 0.25) is 0 Å². The van der Waals surface area contributed by atoms with Gasteiger partial charge in [-0.25, -0.2) is 0 Å². The Hall–Kier alpha value is -0.990. The zero-order valence-electron chi connectivity index (χ0n) is 11.8. The first-order valence-corrected chi connectivity index (χ1v) is 6.88. The molecular formula is C14H29N3. The van der Waals surface area contributed by atoms with Crippen LogP contribution in [-0.2, 0) is 0 Å². The van der Waals surface area contributed by atoms with Crippen molar-refractivity contribution < 1.29 is 0 Å². The normalized spacial score (nSPS) is 12.1. The van der Waals surface area contributed by atoms with Gasteiger partial charge >= 0.3 is 0 Å². The molecule has 0 unspecified atom stereocenters. The lowest BCUT2D eigenvalue weighted by atomic mass is 10.1. The van der Waals surface area contributed by atoms with E-state index in [-0.39, 0.29) is 0 Å². The Morgan fingerprint density at radius 3 is 2.24 bits per heavy atom. The molecule has 0 atom stereocenters. The van der Waals surface area contributed by atoms with Crippen LogP contribution in [0.25, 0.3) is 0 Å². The van der Waals surface area contributed by atoms with Crippen molar-refractivity contribution in [1.82, 2.24) is 10.6 Å². The Kier molecular flexibility index (Phi) is 12.3. The summed E-state index contributed by atoms with van der Waals surface area (Å²) in [4.78, 5) is 4.06. The van der Waals surface area contributed by atoms with Crippen molar-refractivity contribution in [2.45, 2.75) is 51.9 Å². The van der Waals surface area contributed by atoms with Crippen LogP contribution in [0.4, 0.5) is 0 Å². The summed E-state index contributed by atoms with van der Waals surface area (Å²) in [5.74, 6) is 0.875. The Balaban J connectivity index is 3.23. The molecule has 0 aliphatic carbocycles. The molecule has 0 aliphatic heterocycles. The largest absolute Gasteiger partial charge is 0.359 e. The van der Waals surface area contributed by atoms with Crippen LogP contribution in [0.5, 0.6) is 0 Å². The molecule has 3 nitrogen and oxygen atoms in total. The van der Waals surface area contributed by atoms with Crippen LogP contribution in [-0.4, -0.2) is 26.6 Å². The van der Waals surface area contributed by atoms with Gasteiger partial charge in [-0.1, -0.05) is 31.9 Å². The number of aliphatic imine (C=N–C) groups is 1. The van der Waals surface area contributed by atoms with Crippen LogP contribution < -0.4 is 10.6 Å². The topological polar surface area (TPSA) is 36.4 Å². The summed E-state index contributed by atoms with van der Waals surface area (Å²) in [5.41, 5.74) is 0. The molecule has 0 aromatic carbocycles. The maximum Gasteiger partial charge on any atom is 0.190 e. The highest BCUT2D eigenvalue weighted by Gasteiger charge is 1.91. The molecule has 0 heterocycles. The number of guanidine groups is 1. The van der Waals surface area contributed by atoms with Crippen LogP contribution >= 0.6 is 0 Å². The number of hydrogen-bond acceptors (Lipinski definition) is 1. The number of unbranched alkanes of at least 4 members (excludes halogenated alkanes) is 5. The van der Waals surface area contributed by atoms with Crippen LogP contribution in [0.1, 0.15) is 51.9 Å². The summed E-state index contributed by atoms with van der Waals surface area (Å²) < 4.78 is 0. The minimum absolute atomic E-state index is 0.875. The fourth-order valence-corrected chi connectivity index (χ4v) is 1.62. The zero-order valence-corrected chi connectivity index (χ0v) is 11.8. The van der Waals surface area contributed by atoms with Gasteiger partial charge in [0.05, 0.1) is 0 Å². The minimum atomic E-state index is 0.875. The fourth-order valence-electron chi connectivity index (χ4n) is 1.62. The fraction of sp³-hybridized carbons (Fsp3) is 0.786. The van der Waals surface area contributed by atoms with E-state index in [9.17, 15) is 0 Å². The predicted octanol–water partition coefficient (Wildman–Crippen LogP) is 3.09. The maximum atomic E-state index is 4.06. The molecule has 0 amide bonds. The predicted molar refractivity (Wildman–Crippen MR) is 77.6 cm³/mol. The number of nitrogens with zero attached hydrogens (tertiary/aromatic N) is 1. The van der Waals surface area contributed by atoms with Crippen molar-refractivity contribution in [2.24, 2.45) is 4.99 Å². The summed E-state index contributed by atoms with van der Waals surface area (Å²) in [6.45, 7) is 3.24. The average molecular weight is 239 g/mol. The number of rotatable bonds is 9. The molecule has 17 heavy (non-hydrogen) atoms. The molecule has 0 saturated heterocycles. The minimum Gasteiger partial charge on any atom is -0.359 e. The third-order valence-corrected chi connectivity index (χ3v) is 2.69. The Labute approximate surface area is 107 Å². The summed E-state index contributed by atoms with van der Waals surface area (Å²) in [7, 11) is 3.67. The lowest BCUT2D eigenvalue weighted by molar-refractivity contribution is 0.704. The van der Waals surface area contributed by atoms with Gasteiger partial charge in [0.25, 0.3) is 0 Å². The molecule has 0 fully saturated rings. The van der Waals surface area contributed by atoms with Gasteiger partial charge in [0, 0.05) is 20.6 Å². The number of allylic oxidation sites excluding steroid dienone is 2. The molecule has 0 radical (unpaired) electrons. The van der Waals surface area contributed by atoms with Crippen molar-refractivity contribution in [3.63, 3.8) is 0 Å². The number of nitrogens with one attached hydrogen (secondary N) is 2. The van der Waals surface area contributed by atoms with E-state index in [0.717, 1.165) is 12.5 Å². The van der Waals surface area contributed by atoms with E-state index in [2.05, 4.69) is 34.7 Å². The van der Waals surface area contributed by atoms with E-state index in [4.69, 9.17) is 0 Å². The molecule has 0 bridgehead atoms. The van der Waals surface area contributed by atoms with Gasteiger partial charge in [0.2, 0.25) is 0 Å². The summed E-state index contributed by atoms with van der Waals surface area (Å²) in [6.07, 6.45) is 13.6. The van der Waals surface area contributed by atoms with Crippen molar-refractivity contribution in [2.75, 3.05) is 20.6 Å². The Morgan fingerprint density at radius 2 is 1.71 bits per heavy atom. The van der Waals surface area contributed by atoms with Crippen LogP contribution in [0.3, 0.4) is 0 Å². The molecule has 100 valence electrons. The Bertz CT molecular complexity index is 210. The lowest BCUT2D eigenvalue weighted by Gasteiger charge is -2.07. The monoisotopic (exact) mass is 239 g/mol. The second-order valence-corrected chi connectivity index (χ2v) is 4.21. The smallest absolute Gasteiger partial charge is 0.190 e. The van der Waals surface area contributed by atoms with Crippen molar-refractivity contribution >= 4 is 5.96 Å². The summed E-state index contributed by atoms with van der Waals surface area (Å²) in [6, 6.07) is 0. The first kappa shape index (κ1) is 16.0. The molecule has 0 saturated carbocycles. The van der Waals surface area contributed by atoms with E-state index in [0.29, 0.717) is 0 Å².